The van der Waals surface area contributed by atoms with Crippen LogP contribution in [0.25, 0.3) is 0 Å². The van der Waals surface area contributed by atoms with Gasteiger partial charge in [0.15, 0.2) is 5.82 Å². The molecule has 0 aliphatic heterocycles. The van der Waals surface area contributed by atoms with Gasteiger partial charge in [0, 0.05) is 12.2 Å². The van der Waals surface area contributed by atoms with Crippen molar-refractivity contribution in [2.24, 2.45) is 0 Å². The molecule has 4 heteroatoms. The number of benzene rings is 1. The molecule has 0 fully saturated rings. The van der Waals surface area contributed by atoms with Crippen molar-refractivity contribution in [3.8, 4) is 0 Å². The van der Waals surface area contributed by atoms with E-state index in [0.717, 1.165) is 30.3 Å². The summed E-state index contributed by atoms with van der Waals surface area (Å²) in [5.74, 6) is 1.60. The summed E-state index contributed by atoms with van der Waals surface area (Å²) in [6.07, 6.45) is 8.26. The van der Waals surface area contributed by atoms with Gasteiger partial charge in [0.2, 0.25) is 0 Å². The van der Waals surface area contributed by atoms with Crippen LogP contribution in [0.1, 0.15) is 30.9 Å². The molecule has 0 saturated carbocycles. The van der Waals surface area contributed by atoms with E-state index in [-0.39, 0.29) is 0 Å². The smallest absolute Gasteiger partial charge is 0.151 e. The standard InChI is InChI=1S/C16H20N4/c1-2-8-18-15-10-17-11-16(20-15)19-14-7-6-12-4-3-5-13(12)9-14/h6-7,9-11H,2-5,8H2,1H3,(H2,18,19,20). The fourth-order valence-corrected chi connectivity index (χ4v) is 2.56. The molecular weight excluding hydrogens is 248 g/mol. The maximum Gasteiger partial charge on any atom is 0.151 e. The molecular formula is C16H20N4. The Labute approximate surface area is 119 Å². The van der Waals surface area contributed by atoms with E-state index < -0.39 is 0 Å². The van der Waals surface area contributed by atoms with E-state index in [2.05, 4.69) is 45.7 Å². The van der Waals surface area contributed by atoms with Crippen LogP contribution in [0.5, 0.6) is 0 Å². The predicted octanol–water partition coefficient (Wildman–Crippen LogP) is 3.53. The number of nitrogens with zero attached hydrogens (tertiary/aromatic N) is 2. The van der Waals surface area contributed by atoms with Gasteiger partial charge in [-0.15, -0.1) is 0 Å². The van der Waals surface area contributed by atoms with Crippen LogP contribution < -0.4 is 10.6 Å². The summed E-state index contributed by atoms with van der Waals surface area (Å²) in [6, 6.07) is 6.57. The molecule has 0 radical (unpaired) electrons. The SMILES string of the molecule is CCCNc1cncc(Nc2ccc3c(c2)CCC3)n1. The highest BCUT2D eigenvalue weighted by Crippen LogP contribution is 2.26. The highest BCUT2D eigenvalue weighted by atomic mass is 15.1. The molecule has 2 N–H and O–H groups in total. The molecule has 1 aliphatic rings. The molecule has 3 rings (SSSR count). The first-order valence-corrected chi connectivity index (χ1v) is 7.30. The van der Waals surface area contributed by atoms with Crippen molar-refractivity contribution in [3.63, 3.8) is 0 Å². The van der Waals surface area contributed by atoms with Crippen LogP contribution in [-0.4, -0.2) is 16.5 Å². The van der Waals surface area contributed by atoms with Crippen LogP contribution in [0.2, 0.25) is 0 Å². The lowest BCUT2D eigenvalue weighted by Crippen LogP contribution is -2.04. The molecule has 0 bridgehead atoms. The third kappa shape index (κ3) is 2.90. The molecule has 1 aliphatic carbocycles. The highest BCUT2D eigenvalue weighted by Gasteiger charge is 2.11. The second-order valence-electron chi connectivity index (χ2n) is 5.18. The van der Waals surface area contributed by atoms with E-state index in [0.29, 0.717) is 0 Å². The van der Waals surface area contributed by atoms with Crippen LogP contribution in [0.15, 0.2) is 30.6 Å². The zero-order valence-corrected chi connectivity index (χ0v) is 11.8. The Kier molecular flexibility index (Phi) is 3.81. The van der Waals surface area contributed by atoms with Gasteiger partial charge < -0.3 is 10.6 Å². The maximum absolute atomic E-state index is 4.51. The van der Waals surface area contributed by atoms with Crippen LogP contribution in [0.4, 0.5) is 17.3 Å². The Hall–Kier alpha value is -2.10. The minimum absolute atomic E-state index is 0.782. The Balaban J connectivity index is 1.74. The minimum Gasteiger partial charge on any atom is -0.369 e. The summed E-state index contributed by atoms with van der Waals surface area (Å²) in [4.78, 5) is 8.73. The van der Waals surface area contributed by atoms with Crippen molar-refractivity contribution >= 4 is 17.3 Å². The normalized spacial score (nSPS) is 13.1. The Morgan fingerprint density at radius 1 is 1.10 bits per heavy atom. The Morgan fingerprint density at radius 2 is 1.95 bits per heavy atom. The molecule has 104 valence electrons. The van der Waals surface area contributed by atoms with Crippen molar-refractivity contribution in [2.45, 2.75) is 32.6 Å². The second kappa shape index (κ2) is 5.90. The molecule has 1 heterocycles. The summed E-state index contributed by atoms with van der Waals surface area (Å²) >= 11 is 0. The maximum atomic E-state index is 4.51. The van der Waals surface area contributed by atoms with Gasteiger partial charge in [-0.1, -0.05) is 13.0 Å². The molecule has 0 atom stereocenters. The monoisotopic (exact) mass is 268 g/mol. The molecule has 2 aromatic rings. The topological polar surface area (TPSA) is 49.8 Å². The fraction of sp³-hybridized carbons (Fsp3) is 0.375. The van der Waals surface area contributed by atoms with Crippen LogP contribution >= 0.6 is 0 Å². The van der Waals surface area contributed by atoms with Gasteiger partial charge >= 0.3 is 0 Å². The van der Waals surface area contributed by atoms with Gasteiger partial charge in [-0.05, 0) is 48.9 Å². The lowest BCUT2D eigenvalue weighted by Gasteiger charge is -2.09. The zero-order chi connectivity index (χ0) is 13.8. The number of aryl methyl sites for hydroxylation is 2. The summed E-state index contributed by atoms with van der Waals surface area (Å²) in [6.45, 7) is 3.05. The fourth-order valence-electron chi connectivity index (χ4n) is 2.56. The van der Waals surface area contributed by atoms with E-state index in [1.807, 2.05) is 0 Å². The molecule has 0 amide bonds. The number of hydrogen-bond acceptors (Lipinski definition) is 4. The molecule has 20 heavy (non-hydrogen) atoms. The average molecular weight is 268 g/mol. The van der Waals surface area contributed by atoms with Crippen LogP contribution in [0.3, 0.4) is 0 Å². The number of rotatable bonds is 5. The van der Waals surface area contributed by atoms with Crippen molar-refractivity contribution in [1.29, 1.82) is 0 Å². The minimum atomic E-state index is 0.782. The lowest BCUT2D eigenvalue weighted by atomic mass is 10.1. The van der Waals surface area contributed by atoms with E-state index in [4.69, 9.17) is 0 Å². The number of fused-ring (bicyclic) bond motifs is 1. The molecule has 1 aromatic heterocycles. The van der Waals surface area contributed by atoms with Crippen molar-refractivity contribution in [2.75, 3.05) is 17.2 Å². The van der Waals surface area contributed by atoms with Gasteiger partial charge in [0.05, 0.1) is 12.4 Å². The Bertz CT molecular complexity index is 595. The van der Waals surface area contributed by atoms with Crippen LogP contribution in [-0.2, 0) is 12.8 Å². The van der Waals surface area contributed by atoms with E-state index in [1.165, 1.54) is 30.4 Å². The van der Waals surface area contributed by atoms with Gasteiger partial charge in [0.25, 0.3) is 0 Å². The third-order valence-electron chi connectivity index (χ3n) is 3.56. The van der Waals surface area contributed by atoms with E-state index >= 15 is 0 Å². The first kappa shape index (κ1) is 12.9. The van der Waals surface area contributed by atoms with Crippen molar-refractivity contribution < 1.29 is 0 Å². The zero-order valence-electron chi connectivity index (χ0n) is 11.8. The largest absolute Gasteiger partial charge is 0.369 e. The van der Waals surface area contributed by atoms with Crippen LogP contribution in [0, 0.1) is 0 Å². The van der Waals surface area contributed by atoms with Gasteiger partial charge in [0.1, 0.15) is 5.82 Å². The van der Waals surface area contributed by atoms with E-state index in [1.54, 1.807) is 12.4 Å². The van der Waals surface area contributed by atoms with Gasteiger partial charge in [-0.2, -0.15) is 0 Å². The van der Waals surface area contributed by atoms with Gasteiger partial charge in [-0.3, -0.25) is 4.98 Å². The summed E-state index contributed by atoms with van der Waals surface area (Å²) in [5, 5.41) is 6.59. The summed E-state index contributed by atoms with van der Waals surface area (Å²) < 4.78 is 0. The number of nitrogens with one attached hydrogen (secondary N) is 2. The van der Waals surface area contributed by atoms with Gasteiger partial charge in [-0.25, -0.2) is 4.98 Å². The quantitative estimate of drug-likeness (QED) is 0.871. The molecule has 1 aromatic carbocycles. The molecule has 0 spiro atoms. The first-order chi connectivity index (χ1) is 9.85. The summed E-state index contributed by atoms with van der Waals surface area (Å²) in [7, 11) is 0. The molecule has 4 nitrogen and oxygen atoms in total. The van der Waals surface area contributed by atoms with Crippen molar-refractivity contribution in [1.82, 2.24) is 9.97 Å². The second-order valence-corrected chi connectivity index (χ2v) is 5.18. The molecule has 0 unspecified atom stereocenters. The Morgan fingerprint density at radius 3 is 2.85 bits per heavy atom. The molecule has 0 saturated heterocycles. The number of hydrogen-bond donors (Lipinski definition) is 2. The lowest BCUT2D eigenvalue weighted by molar-refractivity contribution is 0.912. The summed E-state index contributed by atoms with van der Waals surface area (Å²) in [5.41, 5.74) is 4.04. The van der Waals surface area contributed by atoms with Crippen molar-refractivity contribution in [3.05, 3.63) is 41.7 Å². The average Bonchev–Trinajstić information content (AvgIpc) is 2.93. The number of anilines is 3. The number of aromatic nitrogens is 2. The first-order valence-electron chi connectivity index (χ1n) is 7.30. The van der Waals surface area contributed by atoms with E-state index in [9.17, 15) is 0 Å². The predicted molar refractivity (Wildman–Crippen MR) is 82.6 cm³/mol. The highest BCUT2D eigenvalue weighted by molar-refractivity contribution is 5.59. The third-order valence-corrected chi connectivity index (χ3v) is 3.56.